The van der Waals surface area contributed by atoms with Gasteiger partial charge in [-0.1, -0.05) is 33.1 Å². The number of hydrogen-bond donors (Lipinski definition) is 0. The van der Waals surface area contributed by atoms with Gasteiger partial charge in [0.25, 0.3) is 0 Å². The first-order valence-corrected chi connectivity index (χ1v) is 4.81. The summed E-state index contributed by atoms with van der Waals surface area (Å²) in [6, 6.07) is 0. The first kappa shape index (κ1) is 11.0. The van der Waals surface area contributed by atoms with Gasteiger partial charge < -0.3 is 4.90 Å². The Labute approximate surface area is 71.8 Å². The lowest BCUT2D eigenvalue weighted by molar-refractivity contribution is 0.354. The molecular weight excluding hydrogens is 134 g/mol. The van der Waals surface area contributed by atoms with E-state index in [2.05, 4.69) is 32.2 Å². The van der Waals surface area contributed by atoms with Gasteiger partial charge >= 0.3 is 0 Å². The molecule has 0 aromatic rings. The topological polar surface area (TPSA) is 3.24 Å². The lowest BCUT2D eigenvalue weighted by atomic mass is 10.1. The normalized spacial score (nSPS) is 10.9. The molecule has 0 spiro atoms. The highest BCUT2D eigenvalue weighted by molar-refractivity contribution is 4.65. The lowest BCUT2D eigenvalue weighted by Crippen LogP contribution is -2.18. The van der Waals surface area contributed by atoms with Crippen molar-refractivity contribution < 1.29 is 0 Å². The summed E-state index contributed by atoms with van der Waals surface area (Å²) >= 11 is 0. The third-order valence-corrected chi connectivity index (χ3v) is 2.02. The molecule has 1 radical (unpaired) electrons. The fourth-order valence-corrected chi connectivity index (χ4v) is 0.963. The molecule has 0 fully saturated rings. The van der Waals surface area contributed by atoms with Crippen LogP contribution in [0.15, 0.2) is 0 Å². The van der Waals surface area contributed by atoms with Crippen molar-refractivity contribution in [3.05, 3.63) is 6.42 Å². The Kier molecular flexibility index (Phi) is 8.03. The molecule has 1 nitrogen and oxygen atoms in total. The van der Waals surface area contributed by atoms with Gasteiger partial charge in [-0.05, 0) is 33.0 Å². The second kappa shape index (κ2) is 8.06. The predicted octanol–water partition coefficient (Wildman–Crippen LogP) is 2.72. The van der Waals surface area contributed by atoms with E-state index in [1.54, 1.807) is 0 Å². The molecule has 0 atom stereocenters. The number of unbranched alkanes of at least 4 members (excludes halogenated alkanes) is 4. The van der Waals surface area contributed by atoms with E-state index in [-0.39, 0.29) is 0 Å². The highest BCUT2D eigenvalue weighted by Crippen LogP contribution is 2.01. The van der Waals surface area contributed by atoms with Crippen molar-refractivity contribution >= 4 is 0 Å². The van der Waals surface area contributed by atoms with Crippen LogP contribution in [-0.4, -0.2) is 25.0 Å². The Bertz CT molecular complexity index is 71.3. The van der Waals surface area contributed by atoms with E-state index in [1.807, 2.05) is 0 Å². The Balaban J connectivity index is 2.89. The van der Waals surface area contributed by atoms with Crippen LogP contribution in [-0.2, 0) is 0 Å². The zero-order valence-electron chi connectivity index (χ0n) is 8.27. The summed E-state index contributed by atoms with van der Waals surface area (Å²) in [6.45, 7) is 6.83. The smallest absolute Gasteiger partial charge is 0.00192 e. The molecule has 0 saturated carbocycles. The molecule has 0 aliphatic rings. The van der Waals surface area contributed by atoms with E-state index in [0.29, 0.717) is 0 Å². The van der Waals surface area contributed by atoms with Gasteiger partial charge in [-0.15, -0.1) is 0 Å². The van der Waals surface area contributed by atoms with E-state index in [9.17, 15) is 0 Å². The Hall–Kier alpha value is -0.0400. The lowest BCUT2D eigenvalue weighted by Gasteiger charge is -2.12. The van der Waals surface area contributed by atoms with Crippen LogP contribution >= 0.6 is 0 Å². The SMILES string of the molecule is CCCC[CH]CCN(C)CC. The first-order valence-electron chi connectivity index (χ1n) is 4.81. The van der Waals surface area contributed by atoms with Crippen LogP contribution in [0, 0.1) is 6.42 Å². The summed E-state index contributed by atoms with van der Waals surface area (Å²) in [7, 11) is 2.17. The maximum Gasteiger partial charge on any atom is -0.00192 e. The van der Waals surface area contributed by atoms with E-state index in [0.717, 1.165) is 0 Å². The third kappa shape index (κ3) is 7.86. The zero-order chi connectivity index (χ0) is 8.53. The summed E-state index contributed by atoms with van der Waals surface area (Å²) in [5, 5.41) is 0. The number of hydrogen-bond acceptors (Lipinski definition) is 1. The molecular formula is C10H22N. The molecule has 0 aliphatic carbocycles. The van der Waals surface area contributed by atoms with Gasteiger partial charge in [0.2, 0.25) is 0 Å². The summed E-state index contributed by atoms with van der Waals surface area (Å²) < 4.78 is 0. The van der Waals surface area contributed by atoms with Crippen LogP contribution in [0.5, 0.6) is 0 Å². The molecule has 0 aromatic heterocycles. The standard InChI is InChI=1S/C10H22N/c1-4-6-7-8-9-10-11(3)5-2/h8H,4-7,9-10H2,1-3H3. The van der Waals surface area contributed by atoms with Gasteiger partial charge in [0, 0.05) is 0 Å². The predicted molar refractivity (Wildman–Crippen MR) is 51.6 cm³/mol. The molecule has 0 rings (SSSR count). The van der Waals surface area contributed by atoms with Crippen LogP contribution < -0.4 is 0 Å². The summed E-state index contributed by atoms with van der Waals surface area (Å²) in [5.41, 5.74) is 0. The molecule has 0 heterocycles. The largest absolute Gasteiger partial charge is 0.307 e. The van der Waals surface area contributed by atoms with E-state index >= 15 is 0 Å². The van der Waals surface area contributed by atoms with Gasteiger partial charge in [0.1, 0.15) is 0 Å². The average molecular weight is 156 g/mol. The molecule has 0 bridgehead atoms. The third-order valence-electron chi connectivity index (χ3n) is 2.02. The van der Waals surface area contributed by atoms with Gasteiger partial charge in [-0.2, -0.15) is 0 Å². The number of nitrogens with zero attached hydrogens (tertiary/aromatic N) is 1. The maximum absolute atomic E-state index is 2.41. The monoisotopic (exact) mass is 156 g/mol. The molecule has 0 unspecified atom stereocenters. The highest BCUT2D eigenvalue weighted by atomic mass is 15.1. The molecule has 0 aliphatic heterocycles. The van der Waals surface area contributed by atoms with Crippen molar-refractivity contribution in [1.82, 2.24) is 4.90 Å². The maximum atomic E-state index is 2.41. The van der Waals surface area contributed by atoms with Crippen LogP contribution in [0.1, 0.15) is 39.5 Å². The van der Waals surface area contributed by atoms with Crippen molar-refractivity contribution in [1.29, 1.82) is 0 Å². The summed E-state index contributed by atoms with van der Waals surface area (Å²) in [5.74, 6) is 0. The van der Waals surface area contributed by atoms with Gasteiger partial charge in [0.05, 0.1) is 0 Å². The zero-order valence-corrected chi connectivity index (χ0v) is 8.27. The van der Waals surface area contributed by atoms with E-state index in [1.165, 1.54) is 38.8 Å². The molecule has 67 valence electrons. The second-order valence-electron chi connectivity index (χ2n) is 3.12. The van der Waals surface area contributed by atoms with Crippen molar-refractivity contribution in [3.8, 4) is 0 Å². The summed E-state index contributed by atoms with van der Waals surface area (Å²) in [6.07, 6.45) is 7.64. The number of rotatable bonds is 7. The van der Waals surface area contributed by atoms with Crippen molar-refractivity contribution in [3.63, 3.8) is 0 Å². The molecule has 0 amide bonds. The Morgan fingerprint density at radius 1 is 1.18 bits per heavy atom. The van der Waals surface area contributed by atoms with Crippen LogP contribution in [0.4, 0.5) is 0 Å². The minimum Gasteiger partial charge on any atom is -0.307 e. The van der Waals surface area contributed by atoms with E-state index < -0.39 is 0 Å². The Morgan fingerprint density at radius 2 is 1.91 bits per heavy atom. The highest BCUT2D eigenvalue weighted by Gasteiger charge is 1.93. The van der Waals surface area contributed by atoms with Crippen molar-refractivity contribution in [2.75, 3.05) is 20.1 Å². The summed E-state index contributed by atoms with van der Waals surface area (Å²) in [4.78, 5) is 2.35. The van der Waals surface area contributed by atoms with Crippen molar-refractivity contribution in [2.24, 2.45) is 0 Å². The fraction of sp³-hybridized carbons (Fsp3) is 0.900. The van der Waals surface area contributed by atoms with E-state index in [4.69, 9.17) is 0 Å². The molecule has 0 N–H and O–H groups in total. The minimum absolute atomic E-state index is 1.17. The average Bonchev–Trinajstić information content (AvgIpc) is 2.04. The molecule has 0 saturated heterocycles. The van der Waals surface area contributed by atoms with Gasteiger partial charge in [-0.3, -0.25) is 0 Å². The minimum atomic E-state index is 1.17. The quantitative estimate of drug-likeness (QED) is 0.512. The Morgan fingerprint density at radius 3 is 2.45 bits per heavy atom. The first-order chi connectivity index (χ1) is 5.31. The van der Waals surface area contributed by atoms with Crippen molar-refractivity contribution in [2.45, 2.75) is 39.5 Å². The second-order valence-corrected chi connectivity index (χ2v) is 3.12. The van der Waals surface area contributed by atoms with Crippen LogP contribution in [0.2, 0.25) is 0 Å². The van der Waals surface area contributed by atoms with Crippen LogP contribution in [0.3, 0.4) is 0 Å². The van der Waals surface area contributed by atoms with Gasteiger partial charge in [-0.25, -0.2) is 0 Å². The van der Waals surface area contributed by atoms with Gasteiger partial charge in [0.15, 0.2) is 0 Å². The molecule has 11 heavy (non-hydrogen) atoms. The van der Waals surface area contributed by atoms with Crippen LogP contribution in [0.25, 0.3) is 0 Å². The molecule has 0 aromatic carbocycles. The molecule has 1 heteroatoms. The fourth-order valence-electron chi connectivity index (χ4n) is 0.963.